The zero-order valence-electron chi connectivity index (χ0n) is 7.81. The van der Waals surface area contributed by atoms with E-state index in [-0.39, 0.29) is 0 Å². The second-order valence-electron chi connectivity index (χ2n) is 3.02. The highest BCUT2D eigenvalue weighted by Crippen LogP contribution is 2.07. The molecule has 0 N–H and O–H groups in total. The molecule has 2 heterocycles. The Labute approximate surface area is 90.9 Å². The third-order valence-electron chi connectivity index (χ3n) is 1.89. The molecule has 0 aromatic carbocycles. The number of nitrogens with zero attached hydrogens (tertiary/aromatic N) is 3. The van der Waals surface area contributed by atoms with Gasteiger partial charge in [0, 0.05) is 11.5 Å². The summed E-state index contributed by atoms with van der Waals surface area (Å²) in [6.07, 6.45) is 1.91. The fourth-order valence-corrected chi connectivity index (χ4v) is 1.52. The first kappa shape index (κ1) is 9.40. The number of hydrogen-bond acceptors (Lipinski definition) is 2. The number of rotatable bonds is 2. The van der Waals surface area contributed by atoms with E-state index in [4.69, 9.17) is 0 Å². The van der Waals surface area contributed by atoms with Gasteiger partial charge in [-0.2, -0.15) is 5.10 Å². The van der Waals surface area contributed by atoms with E-state index < -0.39 is 0 Å². The van der Waals surface area contributed by atoms with Crippen molar-refractivity contribution in [2.24, 2.45) is 0 Å². The van der Waals surface area contributed by atoms with Gasteiger partial charge in [-0.05, 0) is 25.1 Å². The lowest BCUT2D eigenvalue weighted by atomic mass is 10.4. The van der Waals surface area contributed by atoms with Crippen molar-refractivity contribution < 1.29 is 0 Å². The quantitative estimate of drug-likeness (QED) is 0.768. The molecule has 72 valence electrons. The molecule has 0 aliphatic rings. The van der Waals surface area contributed by atoms with Gasteiger partial charge in [-0.1, -0.05) is 22.0 Å². The van der Waals surface area contributed by atoms with E-state index in [1.54, 1.807) is 4.68 Å². The molecule has 2 aromatic heterocycles. The van der Waals surface area contributed by atoms with Crippen molar-refractivity contribution in [2.75, 3.05) is 0 Å². The van der Waals surface area contributed by atoms with Gasteiger partial charge in [0.15, 0.2) is 5.82 Å². The van der Waals surface area contributed by atoms with E-state index in [2.05, 4.69) is 26.0 Å². The SMILES string of the molecule is Cc1ccn(-c2cccc(CBr)n2)n1. The molecule has 0 spiro atoms. The normalized spacial score (nSPS) is 10.4. The lowest BCUT2D eigenvalue weighted by Crippen LogP contribution is -1.99. The zero-order valence-corrected chi connectivity index (χ0v) is 9.40. The predicted octanol–water partition coefficient (Wildman–Crippen LogP) is 2.47. The molecule has 2 rings (SSSR count). The van der Waals surface area contributed by atoms with Crippen LogP contribution in [0.3, 0.4) is 0 Å². The van der Waals surface area contributed by atoms with Crippen LogP contribution in [-0.4, -0.2) is 14.8 Å². The van der Waals surface area contributed by atoms with Crippen LogP contribution in [0.5, 0.6) is 0 Å². The molecule has 0 aliphatic carbocycles. The van der Waals surface area contributed by atoms with Crippen LogP contribution in [-0.2, 0) is 5.33 Å². The minimum absolute atomic E-state index is 0.765. The number of alkyl halides is 1. The fraction of sp³-hybridized carbons (Fsp3) is 0.200. The van der Waals surface area contributed by atoms with Crippen LogP contribution in [0.4, 0.5) is 0 Å². The molecule has 0 unspecified atom stereocenters. The fourth-order valence-electron chi connectivity index (χ4n) is 1.21. The van der Waals surface area contributed by atoms with Crippen LogP contribution in [0.15, 0.2) is 30.5 Å². The monoisotopic (exact) mass is 251 g/mol. The minimum atomic E-state index is 0.765. The Balaban J connectivity index is 2.41. The van der Waals surface area contributed by atoms with Crippen molar-refractivity contribution in [3.8, 4) is 5.82 Å². The lowest BCUT2D eigenvalue weighted by Gasteiger charge is -2.01. The lowest BCUT2D eigenvalue weighted by molar-refractivity contribution is 0.826. The standard InChI is InChI=1S/C10H10BrN3/c1-8-5-6-14(13-8)10-4-2-3-9(7-11)12-10/h2-6H,7H2,1H3. The molecule has 14 heavy (non-hydrogen) atoms. The molecule has 2 aromatic rings. The van der Waals surface area contributed by atoms with Crippen molar-refractivity contribution in [1.82, 2.24) is 14.8 Å². The third-order valence-corrected chi connectivity index (χ3v) is 2.46. The van der Waals surface area contributed by atoms with Crippen LogP contribution >= 0.6 is 15.9 Å². The molecule has 0 aliphatic heterocycles. The number of pyridine rings is 1. The average Bonchev–Trinajstić information content (AvgIpc) is 2.65. The van der Waals surface area contributed by atoms with Gasteiger partial charge in [-0.25, -0.2) is 9.67 Å². The van der Waals surface area contributed by atoms with Crippen LogP contribution < -0.4 is 0 Å². The first-order chi connectivity index (χ1) is 6.79. The molecule has 0 radical (unpaired) electrons. The first-order valence-electron chi connectivity index (χ1n) is 4.34. The summed E-state index contributed by atoms with van der Waals surface area (Å²) >= 11 is 3.38. The van der Waals surface area contributed by atoms with Crippen molar-refractivity contribution in [3.63, 3.8) is 0 Å². The van der Waals surface area contributed by atoms with E-state index in [9.17, 15) is 0 Å². The Morgan fingerprint density at radius 3 is 2.86 bits per heavy atom. The van der Waals surface area contributed by atoms with E-state index in [1.807, 2.05) is 37.4 Å². The topological polar surface area (TPSA) is 30.7 Å². The third kappa shape index (κ3) is 1.85. The molecule has 0 saturated carbocycles. The molecule has 3 nitrogen and oxygen atoms in total. The van der Waals surface area contributed by atoms with E-state index in [1.165, 1.54) is 0 Å². The second kappa shape index (κ2) is 3.92. The van der Waals surface area contributed by atoms with E-state index >= 15 is 0 Å². The summed E-state index contributed by atoms with van der Waals surface area (Å²) in [5.74, 6) is 0.857. The summed E-state index contributed by atoms with van der Waals surface area (Å²) < 4.78 is 1.78. The van der Waals surface area contributed by atoms with Gasteiger partial charge in [0.2, 0.25) is 0 Å². The average molecular weight is 252 g/mol. The van der Waals surface area contributed by atoms with Gasteiger partial charge >= 0.3 is 0 Å². The summed E-state index contributed by atoms with van der Waals surface area (Å²) in [6, 6.07) is 7.87. The van der Waals surface area contributed by atoms with Gasteiger partial charge < -0.3 is 0 Å². The largest absolute Gasteiger partial charge is 0.233 e. The van der Waals surface area contributed by atoms with Crippen LogP contribution in [0, 0.1) is 6.92 Å². The minimum Gasteiger partial charge on any atom is -0.233 e. The Hall–Kier alpha value is -1.16. The molecular formula is C10H10BrN3. The van der Waals surface area contributed by atoms with Crippen LogP contribution in [0.1, 0.15) is 11.4 Å². The highest BCUT2D eigenvalue weighted by atomic mass is 79.9. The van der Waals surface area contributed by atoms with Gasteiger partial charge in [0.1, 0.15) is 0 Å². The van der Waals surface area contributed by atoms with Crippen molar-refractivity contribution in [3.05, 3.63) is 41.9 Å². The Morgan fingerprint density at radius 1 is 1.36 bits per heavy atom. The van der Waals surface area contributed by atoms with E-state index in [0.29, 0.717) is 0 Å². The number of aromatic nitrogens is 3. The summed E-state index contributed by atoms with van der Waals surface area (Å²) in [5.41, 5.74) is 2.01. The number of hydrogen-bond donors (Lipinski definition) is 0. The number of halogens is 1. The maximum absolute atomic E-state index is 4.43. The van der Waals surface area contributed by atoms with Crippen molar-refractivity contribution in [2.45, 2.75) is 12.3 Å². The maximum atomic E-state index is 4.43. The second-order valence-corrected chi connectivity index (χ2v) is 3.58. The molecule has 0 fully saturated rings. The Kier molecular flexibility index (Phi) is 2.63. The van der Waals surface area contributed by atoms with Gasteiger partial charge in [0.25, 0.3) is 0 Å². The summed E-state index contributed by atoms with van der Waals surface area (Å²) in [5, 5.41) is 5.06. The molecule has 0 saturated heterocycles. The number of aryl methyl sites for hydroxylation is 1. The smallest absolute Gasteiger partial charge is 0.153 e. The van der Waals surface area contributed by atoms with Gasteiger partial charge in [-0.3, -0.25) is 0 Å². The Morgan fingerprint density at radius 2 is 2.21 bits per heavy atom. The molecular weight excluding hydrogens is 242 g/mol. The van der Waals surface area contributed by atoms with Crippen LogP contribution in [0.2, 0.25) is 0 Å². The van der Waals surface area contributed by atoms with E-state index in [0.717, 1.165) is 22.5 Å². The molecule has 0 bridgehead atoms. The molecule has 0 amide bonds. The van der Waals surface area contributed by atoms with Gasteiger partial charge in [-0.15, -0.1) is 0 Å². The van der Waals surface area contributed by atoms with Crippen LogP contribution in [0.25, 0.3) is 5.82 Å². The predicted molar refractivity (Wildman–Crippen MR) is 58.7 cm³/mol. The summed E-state index contributed by atoms with van der Waals surface area (Å²) in [6.45, 7) is 1.96. The van der Waals surface area contributed by atoms with Gasteiger partial charge in [0.05, 0.1) is 11.4 Å². The highest BCUT2D eigenvalue weighted by molar-refractivity contribution is 9.08. The Bertz CT molecular complexity index is 436. The molecule has 4 heteroatoms. The van der Waals surface area contributed by atoms with Crippen molar-refractivity contribution in [1.29, 1.82) is 0 Å². The summed E-state index contributed by atoms with van der Waals surface area (Å²) in [7, 11) is 0. The molecule has 0 atom stereocenters. The maximum Gasteiger partial charge on any atom is 0.153 e. The zero-order chi connectivity index (χ0) is 9.97. The van der Waals surface area contributed by atoms with Crippen molar-refractivity contribution >= 4 is 15.9 Å². The highest BCUT2D eigenvalue weighted by Gasteiger charge is 2.00. The summed E-state index contributed by atoms with van der Waals surface area (Å²) in [4.78, 5) is 4.43. The first-order valence-corrected chi connectivity index (χ1v) is 5.46.